The second-order valence-corrected chi connectivity index (χ2v) is 6.11. The predicted octanol–water partition coefficient (Wildman–Crippen LogP) is 4.22. The lowest BCUT2D eigenvalue weighted by atomic mass is 10.2. The van der Waals surface area contributed by atoms with E-state index in [1.165, 1.54) is 5.56 Å². The van der Waals surface area contributed by atoms with Crippen LogP contribution < -0.4 is 20.1 Å². The van der Waals surface area contributed by atoms with Crippen LogP contribution in [0, 0.1) is 6.92 Å². The van der Waals surface area contributed by atoms with Gasteiger partial charge < -0.3 is 20.1 Å². The van der Waals surface area contributed by atoms with Gasteiger partial charge in [-0.2, -0.15) is 0 Å². The summed E-state index contributed by atoms with van der Waals surface area (Å²) in [5, 5.41) is 6.08. The summed E-state index contributed by atoms with van der Waals surface area (Å²) in [4.78, 5) is 12.1. The average molecular weight is 393 g/mol. The fourth-order valence-corrected chi connectivity index (χ4v) is 2.52. The van der Waals surface area contributed by atoms with Crippen molar-refractivity contribution in [1.29, 1.82) is 0 Å². The zero-order chi connectivity index (χ0) is 17.5. The van der Waals surface area contributed by atoms with Crippen molar-refractivity contribution in [2.75, 3.05) is 31.4 Å². The number of benzene rings is 2. The maximum atomic E-state index is 12.1. The second kappa shape index (κ2) is 8.59. The number of amides is 1. The third-order valence-electron chi connectivity index (χ3n) is 3.54. The fourth-order valence-electron chi connectivity index (χ4n) is 2.14. The Morgan fingerprint density at radius 1 is 1.12 bits per heavy atom. The lowest BCUT2D eigenvalue weighted by Crippen LogP contribution is -2.16. The van der Waals surface area contributed by atoms with Crippen molar-refractivity contribution in [2.24, 2.45) is 0 Å². The van der Waals surface area contributed by atoms with Gasteiger partial charge in [0.15, 0.2) is 0 Å². The molecule has 0 radical (unpaired) electrons. The molecule has 0 aliphatic heterocycles. The number of anilines is 2. The normalized spacial score (nSPS) is 10.2. The molecule has 0 fully saturated rings. The van der Waals surface area contributed by atoms with Crippen molar-refractivity contribution in [3.63, 3.8) is 0 Å². The van der Waals surface area contributed by atoms with Gasteiger partial charge in [0, 0.05) is 29.2 Å². The zero-order valence-electron chi connectivity index (χ0n) is 14.0. The van der Waals surface area contributed by atoms with E-state index in [9.17, 15) is 4.79 Å². The van der Waals surface area contributed by atoms with Crippen molar-refractivity contribution in [1.82, 2.24) is 0 Å². The van der Waals surface area contributed by atoms with Crippen molar-refractivity contribution in [3.05, 3.63) is 46.4 Å². The van der Waals surface area contributed by atoms with Gasteiger partial charge >= 0.3 is 0 Å². The van der Waals surface area contributed by atoms with E-state index in [4.69, 9.17) is 9.47 Å². The molecule has 2 aromatic carbocycles. The van der Waals surface area contributed by atoms with Gasteiger partial charge in [-0.05, 0) is 36.8 Å². The summed E-state index contributed by atoms with van der Waals surface area (Å²) < 4.78 is 11.5. The molecule has 24 heavy (non-hydrogen) atoms. The molecule has 6 heteroatoms. The van der Waals surface area contributed by atoms with E-state index in [0.717, 1.165) is 10.2 Å². The van der Waals surface area contributed by atoms with Gasteiger partial charge in [-0.1, -0.05) is 22.0 Å². The van der Waals surface area contributed by atoms with Crippen molar-refractivity contribution in [2.45, 2.75) is 13.3 Å². The zero-order valence-corrected chi connectivity index (χ0v) is 15.6. The summed E-state index contributed by atoms with van der Waals surface area (Å²) >= 11 is 3.50. The number of nitrogens with one attached hydrogen (secondary N) is 2. The van der Waals surface area contributed by atoms with Crippen LogP contribution in [0.3, 0.4) is 0 Å². The molecule has 0 spiro atoms. The van der Waals surface area contributed by atoms with E-state index in [1.807, 2.05) is 25.1 Å². The van der Waals surface area contributed by atoms with E-state index >= 15 is 0 Å². The number of methoxy groups -OCH3 is 2. The van der Waals surface area contributed by atoms with Crippen LogP contribution in [0.2, 0.25) is 0 Å². The van der Waals surface area contributed by atoms with Crippen LogP contribution in [0.15, 0.2) is 40.9 Å². The topological polar surface area (TPSA) is 59.6 Å². The number of carbonyl (C=O) groups is 1. The molecule has 0 bridgehead atoms. The lowest BCUT2D eigenvalue weighted by Gasteiger charge is -2.12. The van der Waals surface area contributed by atoms with Gasteiger partial charge in [-0.25, -0.2) is 0 Å². The summed E-state index contributed by atoms with van der Waals surface area (Å²) in [5.74, 6) is 1.16. The number of ether oxygens (including phenoxy) is 2. The van der Waals surface area contributed by atoms with Gasteiger partial charge in [0.2, 0.25) is 5.91 Å². The molecule has 2 rings (SSSR count). The first-order valence-corrected chi connectivity index (χ1v) is 8.34. The number of aryl methyl sites for hydroxylation is 1. The first-order chi connectivity index (χ1) is 11.5. The Labute approximate surface area is 150 Å². The summed E-state index contributed by atoms with van der Waals surface area (Å²) in [7, 11) is 3.14. The highest BCUT2D eigenvalue weighted by Gasteiger charge is 2.09. The Hall–Kier alpha value is -2.21. The number of hydrogen-bond acceptors (Lipinski definition) is 4. The van der Waals surface area contributed by atoms with Gasteiger partial charge in [-0.15, -0.1) is 0 Å². The van der Waals surface area contributed by atoms with E-state index in [2.05, 4.69) is 26.6 Å². The molecule has 0 unspecified atom stereocenters. The van der Waals surface area contributed by atoms with E-state index in [-0.39, 0.29) is 5.91 Å². The van der Waals surface area contributed by atoms with Gasteiger partial charge in [0.25, 0.3) is 0 Å². The number of halogens is 1. The highest BCUT2D eigenvalue weighted by molar-refractivity contribution is 9.10. The number of rotatable bonds is 7. The van der Waals surface area contributed by atoms with E-state index < -0.39 is 0 Å². The SMILES string of the molecule is COc1ccc(NC(=O)CCNc2ccc(C)c(Br)c2)c(OC)c1. The smallest absolute Gasteiger partial charge is 0.226 e. The third-order valence-corrected chi connectivity index (χ3v) is 4.39. The average Bonchev–Trinajstić information content (AvgIpc) is 2.58. The van der Waals surface area contributed by atoms with Gasteiger partial charge in [0.05, 0.1) is 19.9 Å². The van der Waals surface area contributed by atoms with Crippen molar-refractivity contribution >= 4 is 33.2 Å². The largest absolute Gasteiger partial charge is 0.497 e. The monoisotopic (exact) mass is 392 g/mol. The molecule has 0 aliphatic carbocycles. The molecule has 128 valence electrons. The van der Waals surface area contributed by atoms with Gasteiger partial charge in [-0.3, -0.25) is 4.79 Å². The molecule has 1 amide bonds. The highest BCUT2D eigenvalue weighted by atomic mass is 79.9. The van der Waals surface area contributed by atoms with Gasteiger partial charge in [0.1, 0.15) is 11.5 Å². The van der Waals surface area contributed by atoms with Crippen LogP contribution >= 0.6 is 15.9 Å². The first kappa shape index (κ1) is 18.1. The molecule has 0 atom stereocenters. The molecule has 0 heterocycles. The summed E-state index contributed by atoms with van der Waals surface area (Å²) in [6.07, 6.45) is 0.348. The number of carbonyl (C=O) groups excluding carboxylic acids is 1. The molecule has 2 aromatic rings. The maximum absolute atomic E-state index is 12.1. The van der Waals surface area contributed by atoms with Crippen LogP contribution in [0.25, 0.3) is 0 Å². The Morgan fingerprint density at radius 3 is 2.58 bits per heavy atom. The summed E-state index contributed by atoms with van der Waals surface area (Å²) in [6.45, 7) is 2.57. The predicted molar refractivity (Wildman–Crippen MR) is 100 cm³/mol. The Kier molecular flexibility index (Phi) is 6.49. The van der Waals surface area contributed by atoms with E-state index in [1.54, 1.807) is 32.4 Å². The fraction of sp³-hybridized carbons (Fsp3) is 0.278. The molecule has 0 saturated heterocycles. The molecule has 0 saturated carbocycles. The molecule has 0 aliphatic rings. The minimum atomic E-state index is -0.0860. The Bertz CT molecular complexity index is 719. The van der Waals surface area contributed by atoms with Crippen LogP contribution in [-0.4, -0.2) is 26.7 Å². The summed E-state index contributed by atoms with van der Waals surface area (Å²) in [6, 6.07) is 11.3. The number of hydrogen-bond donors (Lipinski definition) is 2. The molecular formula is C18H21BrN2O3. The standard InChI is InChI=1S/C18H21BrN2O3/c1-12-4-5-13(10-15(12)19)20-9-8-18(22)21-16-7-6-14(23-2)11-17(16)24-3/h4-7,10-11,20H,8-9H2,1-3H3,(H,21,22). The van der Waals surface area contributed by atoms with Crippen LogP contribution in [-0.2, 0) is 4.79 Å². The lowest BCUT2D eigenvalue weighted by molar-refractivity contribution is -0.116. The maximum Gasteiger partial charge on any atom is 0.226 e. The third kappa shape index (κ3) is 4.89. The minimum Gasteiger partial charge on any atom is -0.497 e. The highest BCUT2D eigenvalue weighted by Crippen LogP contribution is 2.29. The second-order valence-electron chi connectivity index (χ2n) is 5.26. The quantitative estimate of drug-likeness (QED) is 0.740. The minimum absolute atomic E-state index is 0.0860. The molecular weight excluding hydrogens is 372 g/mol. The Morgan fingerprint density at radius 2 is 1.92 bits per heavy atom. The van der Waals surface area contributed by atoms with Crippen molar-refractivity contribution < 1.29 is 14.3 Å². The first-order valence-electron chi connectivity index (χ1n) is 7.55. The van der Waals surface area contributed by atoms with E-state index in [0.29, 0.717) is 30.2 Å². The van der Waals surface area contributed by atoms with Crippen LogP contribution in [0.1, 0.15) is 12.0 Å². The van der Waals surface area contributed by atoms with Crippen LogP contribution in [0.5, 0.6) is 11.5 Å². The molecule has 0 aromatic heterocycles. The van der Waals surface area contributed by atoms with Crippen molar-refractivity contribution in [3.8, 4) is 11.5 Å². The Balaban J connectivity index is 1.88. The summed E-state index contributed by atoms with van der Waals surface area (Å²) in [5.41, 5.74) is 2.77. The van der Waals surface area contributed by atoms with Crippen LogP contribution in [0.4, 0.5) is 11.4 Å². The molecule has 2 N–H and O–H groups in total. The molecule has 5 nitrogen and oxygen atoms in total.